The molecule has 2 aliphatic rings. The van der Waals surface area contributed by atoms with E-state index in [0.29, 0.717) is 18.7 Å². The minimum Gasteiger partial charge on any atom is -0.479 e. The molecule has 0 radical (unpaired) electrons. The second-order valence-electron chi connectivity index (χ2n) is 12.2. The summed E-state index contributed by atoms with van der Waals surface area (Å²) in [5.41, 5.74) is 5.61. The number of carboxylic acids is 1. The molecule has 2 amide bonds. The minimum atomic E-state index is -1.53. The van der Waals surface area contributed by atoms with Crippen LogP contribution >= 0.6 is 0 Å². The Hall–Kier alpha value is -2.86. The van der Waals surface area contributed by atoms with E-state index in [2.05, 4.69) is 36.5 Å². The number of hydrogen-bond acceptors (Lipinski definition) is 3. The lowest BCUT2D eigenvalue weighted by Gasteiger charge is -2.39. The number of nitrogens with one attached hydrogen (secondary N) is 1. The molecule has 38 heavy (non-hydrogen) atoms. The van der Waals surface area contributed by atoms with E-state index < -0.39 is 17.2 Å². The summed E-state index contributed by atoms with van der Waals surface area (Å²) in [6.07, 6.45) is 5.92. The lowest BCUT2D eigenvalue weighted by atomic mass is 9.76. The van der Waals surface area contributed by atoms with Crippen LogP contribution in [0.3, 0.4) is 0 Å². The van der Waals surface area contributed by atoms with E-state index in [-0.39, 0.29) is 18.5 Å². The van der Waals surface area contributed by atoms with Gasteiger partial charge in [0, 0.05) is 24.7 Å². The van der Waals surface area contributed by atoms with Crippen LogP contribution in [0.1, 0.15) is 99.6 Å². The molecule has 6 nitrogen and oxygen atoms in total. The first kappa shape index (κ1) is 28.2. The van der Waals surface area contributed by atoms with Crippen LogP contribution in [0.15, 0.2) is 24.3 Å². The number of urea groups is 1. The van der Waals surface area contributed by atoms with Crippen LogP contribution in [0.4, 0.5) is 4.79 Å². The molecule has 6 heteroatoms. The molecule has 0 spiro atoms. The summed E-state index contributed by atoms with van der Waals surface area (Å²) in [6.45, 7) is 14.7. The molecule has 206 valence electrons. The third-order valence-corrected chi connectivity index (χ3v) is 8.26. The number of fused-ring (bicyclic) bond motifs is 1. The van der Waals surface area contributed by atoms with Crippen molar-refractivity contribution in [2.75, 3.05) is 0 Å². The lowest BCUT2D eigenvalue weighted by Crippen LogP contribution is -2.45. The zero-order valence-corrected chi connectivity index (χ0v) is 24.2. The Bertz CT molecular complexity index is 1210. The Labute approximate surface area is 227 Å². The van der Waals surface area contributed by atoms with Crippen LogP contribution in [0.2, 0.25) is 0 Å². The zero-order valence-electron chi connectivity index (χ0n) is 24.2. The number of carbonyl (C=O) groups is 2. The van der Waals surface area contributed by atoms with Crippen molar-refractivity contribution in [3.8, 4) is 11.1 Å². The van der Waals surface area contributed by atoms with Crippen molar-refractivity contribution in [2.45, 2.75) is 117 Å². The molecule has 1 saturated carbocycles. The molecule has 0 bridgehead atoms. The summed E-state index contributed by atoms with van der Waals surface area (Å²) in [4.78, 5) is 28.3. The van der Waals surface area contributed by atoms with Gasteiger partial charge in [0.25, 0.3) is 0 Å². The fourth-order valence-electron chi connectivity index (χ4n) is 6.36. The predicted octanol–water partition coefficient (Wildman–Crippen LogP) is 7.14. The van der Waals surface area contributed by atoms with Gasteiger partial charge < -0.3 is 20.1 Å². The van der Waals surface area contributed by atoms with E-state index in [9.17, 15) is 14.7 Å². The van der Waals surface area contributed by atoms with Crippen LogP contribution in [0.5, 0.6) is 0 Å². The molecule has 1 atom stereocenters. The van der Waals surface area contributed by atoms with Gasteiger partial charge in [-0.25, -0.2) is 9.59 Å². The van der Waals surface area contributed by atoms with E-state index in [1.54, 1.807) is 0 Å². The molecular weight excluding hydrogens is 476 g/mol. The van der Waals surface area contributed by atoms with Gasteiger partial charge in [0.2, 0.25) is 0 Å². The summed E-state index contributed by atoms with van der Waals surface area (Å²) >= 11 is 0. The fourth-order valence-corrected chi connectivity index (χ4v) is 6.36. The normalized spacial score (nSPS) is 17.7. The lowest BCUT2D eigenvalue weighted by molar-refractivity contribution is -0.188. The first-order chi connectivity index (χ1) is 17.9. The second kappa shape index (κ2) is 10.7. The molecule has 1 aliphatic heterocycles. The number of ether oxygens (including phenoxy) is 1. The van der Waals surface area contributed by atoms with Crippen molar-refractivity contribution >= 4 is 12.0 Å². The Balaban J connectivity index is 1.87. The molecular formula is C32H44N2O4. The first-order valence-corrected chi connectivity index (χ1v) is 14.1. The van der Waals surface area contributed by atoms with E-state index in [1.165, 1.54) is 6.42 Å². The Kier molecular flexibility index (Phi) is 7.94. The third-order valence-electron chi connectivity index (χ3n) is 8.26. The number of rotatable bonds is 6. The summed E-state index contributed by atoms with van der Waals surface area (Å²) < 4.78 is 6.49. The topological polar surface area (TPSA) is 78.9 Å². The maximum atomic E-state index is 13.3. The van der Waals surface area contributed by atoms with Gasteiger partial charge in [0.05, 0.1) is 5.60 Å². The smallest absolute Gasteiger partial charge is 0.340 e. The molecule has 2 aromatic rings. The van der Waals surface area contributed by atoms with Gasteiger partial charge in [-0.1, -0.05) is 56.0 Å². The van der Waals surface area contributed by atoms with Crippen LogP contribution < -0.4 is 5.32 Å². The molecule has 1 unspecified atom stereocenters. The highest BCUT2D eigenvalue weighted by Gasteiger charge is 2.47. The SMILES string of the molecule is CCC(OC(C)(C)C)(C(=O)O)c1c(C)c2c(c(C)c1-c1ccc(C)cc1)CN(C(=O)NC1CCCCC1)C2. The van der Waals surface area contributed by atoms with Crippen molar-refractivity contribution in [1.29, 1.82) is 0 Å². The van der Waals surface area contributed by atoms with E-state index in [0.717, 1.165) is 64.6 Å². The summed E-state index contributed by atoms with van der Waals surface area (Å²) in [5, 5.41) is 14.0. The Morgan fingerprint density at radius 3 is 2.08 bits per heavy atom. The van der Waals surface area contributed by atoms with Gasteiger partial charge >= 0.3 is 12.0 Å². The standard InChI is InChI=1S/C32H44N2O4/c1-8-32(29(35)36,38-31(5,6)7)28-22(4)26-19-34(30(37)33-24-12-10-9-11-13-24)18-25(26)21(3)27(28)23-16-14-20(2)15-17-23/h14-17,24H,8-13,18-19H2,1-7H3,(H,33,37)(H,35,36). The minimum absolute atomic E-state index is 0.0312. The zero-order chi connectivity index (χ0) is 27.8. The molecule has 4 rings (SSSR count). The number of hydrogen-bond donors (Lipinski definition) is 2. The number of carboxylic acid groups (broad SMARTS) is 1. The molecule has 2 aromatic carbocycles. The molecule has 2 N–H and O–H groups in total. The third kappa shape index (κ3) is 5.33. The van der Waals surface area contributed by atoms with Gasteiger partial charge in [-0.2, -0.15) is 0 Å². The second-order valence-corrected chi connectivity index (χ2v) is 12.2. The van der Waals surface area contributed by atoms with Gasteiger partial charge in [-0.05, 0) is 94.2 Å². The van der Waals surface area contributed by atoms with Gasteiger partial charge in [0.1, 0.15) is 0 Å². The highest BCUT2D eigenvalue weighted by Crippen LogP contribution is 2.47. The van der Waals surface area contributed by atoms with Crippen molar-refractivity contribution in [3.63, 3.8) is 0 Å². The summed E-state index contributed by atoms with van der Waals surface area (Å²) in [7, 11) is 0. The quantitative estimate of drug-likeness (QED) is 0.424. The van der Waals surface area contributed by atoms with Crippen LogP contribution in [-0.2, 0) is 28.2 Å². The predicted molar refractivity (Wildman–Crippen MR) is 151 cm³/mol. The van der Waals surface area contributed by atoms with Crippen molar-refractivity contribution in [3.05, 3.63) is 57.6 Å². The highest BCUT2D eigenvalue weighted by molar-refractivity contribution is 5.88. The largest absolute Gasteiger partial charge is 0.479 e. The van der Waals surface area contributed by atoms with Crippen LogP contribution in [-0.4, -0.2) is 33.6 Å². The van der Waals surface area contributed by atoms with Gasteiger partial charge in [0.15, 0.2) is 5.60 Å². The van der Waals surface area contributed by atoms with Crippen LogP contribution in [0, 0.1) is 20.8 Å². The maximum Gasteiger partial charge on any atom is 0.340 e. The van der Waals surface area contributed by atoms with Gasteiger partial charge in [-0.3, -0.25) is 0 Å². The fraction of sp³-hybridized carbons (Fsp3) is 0.562. The van der Waals surface area contributed by atoms with Crippen LogP contribution in [0.25, 0.3) is 11.1 Å². The molecule has 1 aliphatic carbocycles. The number of aryl methyl sites for hydroxylation is 1. The number of amides is 2. The highest BCUT2D eigenvalue weighted by atomic mass is 16.5. The Morgan fingerprint density at radius 2 is 1.55 bits per heavy atom. The van der Waals surface area contributed by atoms with Crippen molar-refractivity contribution < 1.29 is 19.4 Å². The van der Waals surface area contributed by atoms with Crippen molar-refractivity contribution in [1.82, 2.24) is 10.2 Å². The number of benzene rings is 2. The maximum absolute atomic E-state index is 13.3. The van der Waals surface area contributed by atoms with Gasteiger partial charge in [-0.15, -0.1) is 0 Å². The average Bonchev–Trinajstić information content (AvgIpc) is 3.32. The van der Waals surface area contributed by atoms with E-state index in [1.807, 2.05) is 46.4 Å². The monoisotopic (exact) mass is 520 g/mol. The number of nitrogens with zero attached hydrogens (tertiary/aromatic N) is 1. The van der Waals surface area contributed by atoms with E-state index in [4.69, 9.17) is 4.74 Å². The molecule has 0 saturated heterocycles. The van der Waals surface area contributed by atoms with E-state index >= 15 is 0 Å². The molecule has 1 fully saturated rings. The summed E-state index contributed by atoms with van der Waals surface area (Å²) in [6, 6.07) is 8.45. The number of aliphatic carboxylic acids is 1. The Morgan fingerprint density at radius 1 is 0.974 bits per heavy atom. The van der Waals surface area contributed by atoms with Crippen molar-refractivity contribution in [2.24, 2.45) is 0 Å². The number of carbonyl (C=O) groups excluding carboxylic acids is 1. The molecule has 1 heterocycles. The molecule has 0 aromatic heterocycles. The average molecular weight is 521 g/mol. The summed E-state index contributed by atoms with van der Waals surface area (Å²) in [5.74, 6) is -0.990. The first-order valence-electron chi connectivity index (χ1n) is 14.1.